The van der Waals surface area contributed by atoms with Gasteiger partial charge in [0.1, 0.15) is 0 Å². The number of benzene rings is 1. The first kappa shape index (κ1) is 22.9. The molecular weight excluding hydrogens is 467 g/mol. The molecule has 6 nitrogen and oxygen atoms in total. The van der Waals surface area contributed by atoms with Crippen molar-refractivity contribution in [3.8, 4) is 0 Å². The molecule has 1 aliphatic carbocycles. The van der Waals surface area contributed by atoms with Crippen LogP contribution in [0.2, 0.25) is 0 Å². The highest BCUT2D eigenvalue weighted by Crippen LogP contribution is 2.27. The van der Waals surface area contributed by atoms with E-state index in [0.717, 1.165) is 38.3 Å². The Morgan fingerprint density at radius 1 is 1.21 bits per heavy atom. The molecule has 0 spiro atoms. The summed E-state index contributed by atoms with van der Waals surface area (Å²) in [6, 6.07) is 10.4. The summed E-state index contributed by atoms with van der Waals surface area (Å²) in [5, 5.41) is 6.73. The third kappa shape index (κ3) is 6.92. The Kier molecular flexibility index (Phi) is 10.0. The fourth-order valence-corrected chi connectivity index (χ4v) is 3.90. The van der Waals surface area contributed by atoms with Crippen molar-refractivity contribution in [3.63, 3.8) is 0 Å². The predicted molar refractivity (Wildman–Crippen MR) is 123 cm³/mol. The summed E-state index contributed by atoms with van der Waals surface area (Å²) < 4.78 is 5.69. The molecule has 2 aliphatic rings. The number of likely N-dealkylation sites (tertiary alicyclic amines) is 1. The zero-order chi connectivity index (χ0) is 18.9. The summed E-state index contributed by atoms with van der Waals surface area (Å²) >= 11 is 0. The Bertz CT molecular complexity index is 620. The summed E-state index contributed by atoms with van der Waals surface area (Å²) in [6.45, 7) is 3.57. The van der Waals surface area contributed by atoms with Crippen molar-refractivity contribution in [1.29, 1.82) is 0 Å². The van der Waals surface area contributed by atoms with Gasteiger partial charge < -0.3 is 20.3 Å². The molecule has 7 heteroatoms. The molecule has 0 aromatic heterocycles. The van der Waals surface area contributed by atoms with Gasteiger partial charge in [-0.15, -0.1) is 24.0 Å². The number of ether oxygens (including phenoxy) is 1. The first-order chi connectivity index (χ1) is 13.3. The normalized spacial score (nSPS) is 20.1. The van der Waals surface area contributed by atoms with Crippen molar-refractivity contribution in [1.82, 2.24) is 15.5 Å². The van der Waals surface area contributed by atoms with E-state index in [0.29, 0.717) is 25.7 Å². The molecule has 0 radical (unpaired) electrons. The van der Waals surface area contributed by atoms with Gasteiger partial charge in [-0.1, -0.05) is 43.2 Å². The van der Waals surface area contributed by atoms with Crippen LogP contribution in [0, 0.1) is 5.92 Å². The van der Waals surface area contributed by atoms with E-state index < -0.39 is 0 Å². The zero-order valence-electron chi connectivity index (χ0n) is 16.7. The van der Waals surface area contributed by atoms with Crippen LogP contribution >= 0.6 is 24.0 Å². The number of hydrogen-bond acceptors (Lipinski definition) is 3. The van der Waals surface area contributed by atoms with E-state index in [2.05, 4.69) is 27.8 Å². The number of hydrogen-bond donors (Lipinski definition) is 2. The van der Waals surface area contributed by atoms with Crippen LogP contribution in [0.15, 0.2) is 35.3 Å². The van der Waals surface area contributed by atoms with Gasteiger partial charge in [0.25, 0.3) is 0 Å². The van der Waals surface area contributed by atoms with Crippen LogP contribution in [0.25, 0.3) is 0 Å². The second kappa shape index (κ2) is 12.3. The Labute approximate surface area is 185 Å². The highest BCUT2D eigenvalue weighted by atomic mass is 127. The monoisotopic (exact) mass is 500 g/mol. The van der Waals surface area contributed by atoms with E-state index in [1.165, 1.54) is 18.4 Å². The smallest absolute Gasteiger partial charge is 0.225 e. The fraction of sp³-hybridized carbons (Fsp3) is 0.619. The van der Waals surface area contributed by atoms with Crippen LogP contribution in [-0.4, -0.2) is 56.1 Å². The number of amides is 1. The summed E-state index contributed by atoms with van der Waals surface area (Å²) in [5.41, 5.74) is 1.18. The van der Waals surface area contributed by atoms with Crippen LogP contribution in [0.3, 0.4) is 0 Å². The largest absolute Gasteiger partial charge is 0.375 e. The van der Waals surface area contributed by atoms with Crippen LogP contribution < -0.4 is 10.6 Å². The highest BCUT2D eigenvalue weighted by molar-refractivity contribution is 14.0. The van der Waals surface area contributed by atoms with Crippen molar-refractivity contribution in [3.05, 3.63) is 35.9 Å². The molecule has 1 saturated heterocycles. The summed E-state index contributed by atoms with van der Waals surface area (Å²) in [4.78, 5) is 18.9. The standard InChI is InChI=1S/C21H32N4O2.HI/c1-22-21(23-12-14-27-16-17-7-3-2-4-8-17)24-19-11-13-25(15-19)20(26)18-9-5-6-10-18;/h2-4,7-8,18-19H,5-6,9-16H2,1H3,(H2,22,23,24);1H. The van der Waals surface area contributed by atoms with Crippen molar-refractivity contribution >= 4 is 35.8 Å². The van der Waals surface area contributed by atoms with Gasteiger partial charge in [-0.05, 0) is 24.8 Å². The summed E-state index contributed by atoms with van der Waals surface area (Å²) in [7, 11) is 1.77. The molecule has 28 heavy (non-hydrogen) atoms. The van der Waals surface area contributed by atoms with Crippen molar-refractivity contribution in [2.45, 2.75) is 44.8 Å². The Morgan fingerprint density at radius 3 is 2.68 bits per heavy atom. The van der Waals surface area contributed by atoms with Crippen LogP contribution in [0.1, 0.15) is 37.7 Å². The SMILES string of the molecule is CN=C(NCCOCc1ccccc1)NC1CCN(C(=O)C2CCCC2)C1.I. The van der Waals surface area contributed by atoms with Gasteiger partial charge in [0, 0.05) is 38.6 Å². The summed E-state index contributed by atoms with van der Waals surface area (Å²) in [5.74, 6) is 1.40. The lowest BCUT2D eigenvalue weighted by atomic mass is 10.1. The van der Waals surface area contributed by atoms with Gasteiger partial charge in [-0.25, -0.2) is 0 Å². The fourth-order valence-electron chi connectivity index (χ4n) is 3.90. The van der Waals surface area contributed by atoms with Gasteiger partial charge in [0.15, 0.2) is 5.96 Å². The Hall–Kier alpha value is -1.35. The quantitative estimate of drug-likeness (QED) is 0.262. The molecule has 1 heterocycles. The van der Waals surface area contributed by atoms with E-state index >= 15 is 0 Å². The third-order valence-electron chi connectivity index (χ3n) is 5.42. The predicted octanol–water partition coefficient (Wildman–Crippen LogP) is 2.78. The number of nitrogens with one attached hydrogen (secondary N) is 2. The zero-order valence-corrected chi connectivity index (χ0v) is 19.1. The van der Waals surface area contributed by atoms with Gasteiger partial charge in [-0.3, -0.25) is 9.79 Å². The van der Waals surface area contributed by atoms with Crippen molar-refractivity contribution < 1.29 is 9.53 Å². The molecule has 1 amide bonds. The second-order valence-electron chi connectivity index (χ2n) is 7.43. The topological polar surface area (TPSA) is 66.0 Å². The van der Waals surface area contributed by atoms with E-state index in [4.69, 9.17) is 4.74 Å². The van der Waals surface area contributed by atoms with Crippen molar-refractivity contribution in [2.75, 3.05) is 33.3 Å². The number of rotatable bonds is 7. The maximum absolute atomic E-state index is 12.5. The van der Waals surface area contributed by atoms with E-state index in [-0.39, 0.29) is 35.9 Å². The number of guanidine groups is 1. The third-order valence-corrected chi connectivity index (χ3v) is 5.42. The van der Waals surface area contributed by atoms with Gasteiger partial charge >= 0.3 is 0 Å². The molecule has 2 N–H and O–H groups in total. The van der Waals surface area contributed by atoms with Gasteiger partial charge in [0.05, 0.1) is 13.2 Å². The lowest BCUT2D eigenvalue weighted by Gasteiger charge is -2.21. The van der Waals surface area contributed by atoms with E-state index in [1.807, 2.05) is 23.1 Å². The van der Waals surface area contributed by atoms with E-state index in [1.54, 1.807) is 7.05 Å². The molecule has 156 valence electrons. The van der Waals surface area contributed by atoms with Crippen LogP contribution in [0.5, 0.6) is 0 Å². The molecule has 0 bridgehead atoms. The van der Waals surface area contributed by atoms with Gasteiger partial charge in [0.2, 0.25) is 5.91 Å². The van der Waals surface area contributed by atoms with Crippen molar-refractivity contribution in [2.24, 2.45) is 10.9 Å². The minimum atomic E-state index is 0. The minimum Gasteiger partial charge on any atom is -0.375 e. The number of nitrogens with zero attached hydrogens (tertiary/aromatic N) is 2. The summed E-state index contributed by atoms with van der Waals surface area (Å²) in [6.07, 6.45) is 5.52. The van der Waals surface area contributed by atoms with Crippen LogP contribution in [0.4, 0.5) is 0 Å². The molecule has 1 atom stereocenters. The number of carbonyl (C=O) groups excluding carboxylic acids is 1. The first-order valence-electron chi connectivity index (χ1n) is 10.1. The molecule has 1 unspecified atom stereocenters. The second-order valence-corrected chi connectivity index (χ2v) is 7.43. The molecule has 1 saturated carbocycles. The molecule has 1 aliphatic heterocycles. The average Bonchev–Trinajstić information content (AvgIpc) is 3.39. The number of halogens is 1. The highest BCUT2D eigenvalue weighted by Gasteiger charge is 2.32. The lowest BCUT2D eigenvalue weighted by molar-refractivity contribution is -0.134. The first-order valence-corrected chi connectivity index (χ1v) is 10.1. The Morgan fingerprint density at radius 2 is 1.96 bits per heavy atom. The molecular formula is C21H33IN4O2. The number of carbonyl (C=O) groups is 1. The Balaban J connectivity index is 0.00000280. The maximum atomic E-state index is 12.5. The van der Waals surface area contributed by atoms with Gasteiger partial charge in [-0.2, -0.15) is 0 Å². The lowest BCUT2D eigenvalue weighted by Crippen LogP contribution is -2.46. The minimum absolute atomic E-state index is 0. The molecule has 3 rings (SSSR count). The average molecular weight is 500 g/mol. The molecule has 1 aromatic carbocycles. The number of aliphatic imine (C=N–C) groups is 1. The van der Waals surface area contributed by atoms with E-state index in [9.17, 15) is 4.79 Å². The maximum Gasteiger partial charge on any atom is 0.225 e. The molecule has 2 fully saturated rings. The molecule has 1 aromatic rings. The van der Waals surface area contributed by atoms with Crippen LogP contribution in [-0.2, 0) is 16.1 Å².